The average Bonchev–Trinajstić information content (AvgIpc) is 2.26. The molecule has 0 saturated heterocycles. The summed E-state index contributed by atoms with van der Waals surface area (Å²) in [4.78, 5) is 0. The molecular formula is C14H23NO. The summed E-state index contributed by atoms with van der Waals surface area (Å²) in [5, 5.41) is 0. The molecule has 0 aliphatic rings. The monoisotopic (exact) mass is 221 g/mol. The Kier molecular flexibility index (Phi) is 5.50. The van der Waals surface area contributed by atoms with Crippen molar-refractivity contribution < 1.29 is 4.74 Å². The summed E-state index contributed by atoms with van der Waals surface area (Å²) in [7, 11) is 0. The number of rotatable bonds is 6. The minimum absolute atomic E-state index is 0.587. The van der Waals surface area contributed by atoms with Crippen molar-refractivity contribution >= 4 is 0 Å². The van der Waals surface area contributed by atoms with Gasteiger partial charge in [-0.2, -0.15) is 0 Å². The Morgan fingerprint density at radius 1 is 1.25 bits per heavy atom. The van der Waals surface area contributed by atoms with Gasteiger partial charge in [-0.15, -0.1) is 0 Å². The molecule has 0 fully saturated rings. The summed E-state index contributed by atoms with van der Waals surface area (Å²) < 4.78 is 5.42. The predicted octanol–water partition coefficient (Wildman–Crippen LogP) is 2.64. The van der Waals surface area contributed by atoms with Crippen LogP contribution in [0.4, 0.5) is 0 Å². The third-order valence-electron chi connectivity index (χ3n) is 2.82. The Labute approximate surface area is 98.8 Å². The molecule has 1 aromatic rings. The number of aryl methyl sites for hydroxylation is 1. The van der Waals surface area contributed by atoms with Gasteiger partial charge >= 0.3 is 0 Å². The molecule has 2 N–H and O–H groups in total. The second-order valence-electron chi connectivity index (χ2n) is 4.49. The first-order chi connectivity index (χ1) is 7.65. The van der Waals surface area contributed by atoms with Crippen molar-refractivity contribution in [1.82, 2.24) is 0 Å². The topological polar surface area (TPSA) is 35.2 Å². The van der Waals surface area contributed by atoms with E-state index in [2.05, 4.69) is 39.0 Å². The van der Waals surface area contributed by atoms with Gasteiger partial charge in [0, 0.05) is 6.54 Å². The maximum Gasteiger partial charge on any atom is 0.0588 e. The SMILES string of the molecule is Cc1ccc(C(C)C)cc1CCOCCN. The number of hydrogen-bond acceptors (Lipinski definition) is 2. The predicted molar refractivity (Wildman–Crippen MR) is 68.8 cm³/mol. The van der Waals surface area contributed by atoms with E-state index in [9.17, 15) is 0 Å². The maximum atomic E-state index is 5.42. The van der Waals surface area contributed by atoms with Crippen molar-refractivity contribution in [1.29, 1.82) is 0 Å². The molecule has 0 amide bonds. The maximum absolute atomic E-state index is 5.42. The molecule has 90 valence electrons. The minimum atomic E-state index is 0.587. The van der Waals surface area contributed by atoms with Crippen LogP contribution >= 0.6 is 0 Å². The molecule has 0 unspecified atom stereocenters. The van der Waals surface area contributed by atoms with Gasteiger partial charge in [-0.25, -0.2) is 0 Å². The van der Waals surface area contributed by atoms with Gasteiger partial charge in [-0.05, 0) is 36.0 Å². The van der Waals surface area contributed by atoms with E-state index in [1.807, 2.05) is 0 Å². The van der Waals surface area contributed by atoms with E-state index in [1.54, 1.807) is 0 Å². The van der Waals surface area contributed by atoms with Gasteiger partial charge in [0.05, 0.1) is 13.2 Å². The van der Waals surface area contributed by atoms with E-state index in [1.165, 1.54) is 16.7 Å². The zero-order valence-corrected chi connectivity index (χ0v) is 10.6. The quantitative estimate of drug-likeness (QED) is 0.749. The second kappa shape index (κ2) is 6.66. The smallest absolute Gasteiger partial charge is 0.0588 e. The average molecular weight is 221 g/mol. The first kappa shape index (κ1) is 13.2. The third-order valence-corrected chi connectivity index (χ3v) is 2.82. The summed E-state index contributed by atoms with van der Waals surface area (Å²) >= 11 is 0. The van der Waals surface area contributed by atoms with Gasteiger partial charge < -0.3 is 10.5 Å². The van der Waals surface area contributed by atoms with E-state index in [0.29, 0.717) is 19.1 Å². The van der Waals surface area contributed by atoms with Crippen LogP contribution in [-0.2, 0) is 11.2 Å². The van der Waals surface area contributed by atoms with Crippen LogP contribution in [-0.4, -0.2) is 19.8 Å². The van der Waals surface area contributed by atoms with Gasteiger partial charge in [0.1, 0.15) is 0 Å². The van der Waals surface area contributed by atoms with Crippen molar-refractivity contribution in [2.45, 2.75) is 33.1 Å². The highest BCUT2D eigenvalue weighted by Crippen LogP contribution is 2.18. The molecule has 2 heteroatoms. The molecule has 0 aromatic heterocycles. The van der Waals surface area contributed by atoms with Gasteiger partial charge in [0.2, 0.25) is 0 Å². The Bertz CT molecular complexity index is 321. The number of hydrogen-bond donors (Lipinski definition) is 1. The van der Waals surface area contributed by atoms with Gasteiger partial charge in [0.15, 0.2) is 0 Å². The first-order valence-electron chi connectivity index (χ1n) is 6.02. The summed E-state index contributed by atoms with van der Waals surface area (Å²) in [6.45, 7) is 8.62. The molecule has 0 saturated carbocycles. The zero-order chi connectivity index (χ0) is 12.0. The Morgan fingerprint density at radius 3 is 2.62 bits per heavy atom. The van der Waals surface area contributed by atoms with Crippen LogP contribution in [0.3, 0.4) is 0 Å². The molecular weight excluding hydrogens is 198 g/mol. The van der Waals surface area contributed by atoms with Crippen LogP contribution in [0.2, 0.25) is 0 Å². The largest absolute Gasteiger partial charge is 0.380 e. The van der Waals surface area contributed by atoms with Crippen molar-refractivity contribution in [3.63, 3.8) is 0 Å². The standard InChI is InChI=1S/C14H23NO/c1-11(2)13-5-4-12(3)14(10-13)6-8-16-9-7-15/h4-5,10-11H,6-9,15H2,1-3H3. The lowest BCUT2D eigenvalue weighted by atomic mass is 9.96. The molecule has 0 aliphatic carbocycles. The first-order valence-corrected chi connectivity index (χ1v) is 6.02. The fourth-order valence-corrected chi connectivity index (χ4v) is 1.69. The van der Waals surface area contributed by atoms with Crippen LogP contribution in [0.5, 0.6) is 0 Å². The van der Waals surface area contributed by atoms with E-state index in [4.69, 9.17) is 10.5 Å². The molecule has 0 radical (unpaired) electrons. The lowest BCUT2D eigenvalue weighted by Gasteiger charge is -2.11. The van der Waals surface area contributed by atoms with Crippen molar-refractivity contribution in [3.8, 4) is 0 Å². The molecule has 0 spiro atoms. The number of benzene rings is 1. The molecule has 2 nitrogen and oxygen atoms in total. The molecule has 1 rings (SSSR count). The fourth-order valence-electron chi connectivity index (χ4n) is 1.69. The van der Waals surface area contributed by atoms with Crippen LogP contribution in [0.25, 0.3) is 0 Å². The van der Waals surface area contributed by atoms with E-state index >= 15 is 0 Å². The zero-order valence-electron chi connectivity index (χ0n) is 10.6. The minimum Gasteiger partial charge on any atom is -0.380 e. The summed E-state index contributed by atoms with van der Waals surface area (Å²) in [5.41, 5.74) is 9.52. The molecule has 16 heavy (non-hydrogen) atoms. The normalized spacial score (nSPS) is 11.1. The van der Waals surface area contributed by atoms with Crippen LogP contribution in [0.1, 0.15) is 36.5 Å². The fraction of sp³-hybridized carbons (Fsp3) is 0.571. The van der Waals surface area contributed by atoms with Gasteiger partial charge in [0.25, 0.3) is 0 Å². The Hall–Kier alpha value is -0.860. The highest BCUT2D eigenvalue weighted by Gasteiger charge is 2.03. The molecule has 0 bridgehead atoms. The molecule has 0 atom stereocenters. The van der Waals surface area contributed by atoms with E-state index in [-0.39, 0.29) is 0 Å². The van der Waals surface area contributed by atoms with Crippen molar-refractivity contribution in [2.75, 3.05) is 19.8 Å². The van der Waals surface area contributed by atoms with Crippen LogP contribution in [0, 0.1) is 6.92 Å². The Balaban J connectivity index is 2.60. The number of ether oxygens (including phenoxy) is 1. The van der Waals surface area contributed by atoms with E-state index in [0.717, 1.165) is 13.0 Å². The molecule has 1 aromatic carbocycles. The number of nitrogens with two attached hydrogens (primary N) is 1. The highest BCUT2D eigenvalue weighted by atomic mass is 16.5. The lowest BCUT2D eigenvalue weighted by Crippen LogP contribution is -2.10. The van der Waals surface area contributed by atoms with Crippen LogP contribution in [0.15, 0.2) is 18.2 Å². The van der Waals surface area contributed by atoms with Gasteiger partial charge in [-0.1, -0.05) is 32.0 Å². The Morgan fingerprint density at radius 2 is 2.00 bits per heavy atom. The molecule has 0 heterocycles. The summed E-state index contributed by atoms with van der Waals surface area (Å²) in [6.07, 6.45) is 0.979. The second-order valence-corrected chi connectivity index (χ2v) is 4.49. The molecule has 0 aliphatic heterocycles. The van der Waals surface area contributed by atoms with Crippen molar-refractivity contribution in [2.24, 2.45) is 5.73 Å². The van der Waals surface area contributed by atoms with E-state index < -0.39 is 0 Å². The van der Waals surface area contributed by atoms with Crippen molar-refractivity contribution in [3.05, 3.63) is 34.9 Å². The summed E-state index contributed by atoms with van der Waals surface area (Å²) in [6, 6.07) is 6.71. The highest BCUT2D eigenvalue weighted by molar-refractivity contribution is 5.32. The summed E-state index contributed by atoms with van der Waals surface area (Å²) in [5.74, 6) is 0.587. The lowest BCUT2D eigenvalue weighted by molar-refractivity contribution is 0.144. The third kappa shape index (κ3) is 3.95. The van der Waals surface area contributed by atoms with Crippen LogP contribution < -0.4 is 5.73 Å². The van der Waals surface area contributed by atoms with Gasteiger partial charge in [-0.3, -0.25) is 0 Å².